The fraction of sp³-hybridized carbons (Fsp3) is 0.333. The fourth-order valence-corrected chi connectivity index (χ4v) is 5.17. The smallest absolute Gasteiger partial charge is 0.250 e. The minimum Gasteiger partial charge on any atom is -0.348 e. The van der Waals surface area contributed by atoms with Crippen molar-refractivity contribution in [1.82, 2.24) is 25.1 Å². The molecular formula is C21H23N5O3S. The van der Waals surface area contributed by atoms with E-state index in [1.165, 1.54) is 10.1 Å². The molecular weight excluding hydrogens is 402 g/mol. The Bertz CT molecular complexity index is 1160. The van der Waals surface area contributed by atoms with Gasteiger partial charge in [-0.05, 0) is 49.4 Å². The van der Waals surface area contributed by atoms with Crippen LogP contribution in [0, 0.1) is 0 Å². The number of fused-ring (bicyclic) bond motifs is 1. The van der Waals surface area contributed by atoms with Crippen LogP contribution in [0.1, 0.15) is 36.9 Å². The number of amides is 1. The average Bonchev–Trinajstić information content (AvgIpc) is 3.19. The van der Waals surface area contributed by atoms with Gasteiger partial charge in [-0.3, -0.25) is 14.3 Å². The van der Waals surface area contributed by atoms with Crippen LogP contribution in [-0.2, 0) is 27.6 Å². The molecule has 1 aliphatic carbocycles. The van der Waals surface area contributed by atoms with Crippen LogP contribution in [0.3, 0.4) is 0 Å². The molecule has 2 aromatic heterocycles. The molecule has 3 aromatic rings. The number of nitrogens with zero attached hydrogens (tertiary/aromatic N) is 4. The van der Waals surface area contributed by atoms with Crippen LogP contribution >= 0.6 is 0 Å². The zero-order valence-corrected chi connectivity index (χ0v) is 17.5. The van der Waals surface area contributed by atoms with Crippen molar-refractivity contribution in [3.8, 4) is 11.4 Å². The Hall–Kier alpha value is -3.07. The molecule has 0 aliphatic heterocycles. The Labute approximate surface area is 175 Å². The van der Waals surface area contributed by atoms with Crippen LogP contribution < -0.4 is 5.32 Å². The molecule has 8 nitrogen and oxygen atoms in total. The first-order valence-corrected chi connectivity index (χ1v) is 11.6. The Balaban J connectivity index is 1.54. The number of carbonyl (C=O) groups is 1. The monoisotopic (exact) mass is 425 g/mol. The maximum absolute atomic E-state index is 13.0. The van der Waals surface area contributed by atoms with Gasteiger partial charge in [0.25, 0.3) is 5.16 Å². The van der Waals surface area contributed by atoms with E-state index < -0.39 is 21.5 Å². The molecule has 1 atom stereocenters. The number of hydrogen-bond donors (Lipinski definition) is 1. The van der Waals surface area contributed by atoms with Gasteiger partial charge >= 0.3 is 0 Å². The molecule has 0 saturated carbocycles. The van der Waals surface area contributed by atoms with E-state index in [1.54, 1.807) is 24.5 Å². The molecule has 0 unspecified atom stereocenters. The lowest BCUT2D eigenvalue weighted by Crippen LogP contribution is -2.35. The summed E-state index contributed by atoms with van der Waals surface area (Å²) in [4.78, 5) is 16.6. The van der Waals surface area contributed by atoms with Gasteiger partial charge in [0.05, 0.1) is 6.04 Å². The second-order valence-electron chi connectivity index (χ2n) is 7.26. The van der Waals surface area contributed by atoms with Crippen molar-refractivity contribution in [3.05, 3.63) is 59.9 Å². The van der Waals surface area contributed by atoms with E-state index in [2.05, 4.69) is 26.6 Å². The minimum atomic E-state index is -3.96. The number of sulfone groups is 1. The Morgan fingerprint density at radius 3 is 2.70 bits per heavy atom. The molecule has 0 fully saturated rings. The maximum atomic E-state index is 13.0. The van der Waals surface area contributed by atoms with Crippen LogP contribution in [0.5, 0.6) is 0 Å². The predicted octanol–water partition coefficient (Wildman–Crippen LogP) is 2.33. The number of nitrogens with one attached hydrogen (secondary N) is 1. The van der Waals surface area contributed by atoms with Gasteiger partial charge in [0.15, 0.2) is 5.82 Å². The van der Waals surface area contributed by atoms with Crippen LogP contribution in [0.25, 0.3) is 11.4 Å². The van der Waals surface area contributed by atoms with Gasteiger partial charge in [-0.25, -0.2) is 8.42 Å². The number of aromatic nitrogens is 4. The van der Waals surface area contributed by atoms with Crippen LogP contribution in [0.4, 0.5) is 0 Å². The molecule has 9 heteroatoms. The lowest BCUT2D eigenvalue weighted by atomic mass is 9.88. The van der Waals surface area contributed by atoms with Crippen molar-refractivity contribution < 1.29 is 13.2 Å². The first-order chi connectivity index (χ1) is 14.5. The third-order valence-electron chi connectivity index (χ3n) is 5.28. The summed E-state index contributed by atoms with van der Waals surface area (Å²) in [5.41, 5.74) is 2.97. The van der Waals surface area contributed by atoms with Gasteiger partial charge in [0.1, 0.15) is 5.75 Å². The SMILES string of the molecule is CCn1c(-c2ccncc2)nnc1S(=O)(=O)CC(=O)N[C@@H]1CCCc2ccccc21. The summed E-state index contributed by atoms with van der Waals surface area (Å²) in [6.45, 7) is 2.17. The second-order valence-corrected chi connectivity index (χ2v) is 9.14. The number of aryl methyl sites for hydroxylation is 1. The standard InChI is InChI=1S/C21H23N5O3S/c1-2-26-20(16-10-12-22-13-11-16)24-25-21(26)30(28,29)14-19(27)23-18-9-5-7-15-6-3-4-8-17(15)18/h3-4,6,8,10-13,18H,2,5,7,9,14H2,1H3,(H,23,27)/t18-/m1/s1. The molecule has 0 radical (unpaired) electrons. The third-order valence-corrected chi connectivity index (χ3v) is 6.78. The van der Waals surface area contributed by atoms with Gasteiger partial charge in [-0.2, -0.15) is 0 Å². The predicted molar refractivity (Wildman–Crippen MR) is 111 cm³/mol. The first-order valence-electron chi connectivity index (χ1n) is 9.93. The highest BCUT2D eigenvalue weighted by atomic mass is 32.2. The van der Waals surface area contributed by atoms with E-state index in [0.29, 0.717) is 17.9 Å². The lowest BCUT2D eigenvalue weighted by molar-refractivity contribution is -0.119. The molecule has 1 aliphatic rings. The molecule has 156 valence electrons. The topological polar surface area (TPSA) is 107 Å². The normalized spacial score (nSPS) is 16.1. The van der Waals surface area contributed by atoms with Crippen LogP contribution in [-0.4, -0.2) is 39.8 Å². The number of carbonyl (C=O) groups excluding carboxylic acids is 1. The van der Waals surface area contributed by atoms with Crippen LogP contribution in [0.2, 0.25) is 0 Å². The van der Waals surface area contributed by atoms with E-state index in [4.69, 9.17) is 0 Å². The summed E-state index contributed by atoms with van der Waals surface area (Å²) in [7, 11) is -3.96. The average molecular weight is 426 g/mol. The summed E-state index contributed by atoms with van der Waals surface area (Å²) in [6, 6.07) is 11.3. The molecule has 30 heavy (non-hydrogen) atoms. The quantitative estimate of drug-likeness (QED) is 0.650. The number of hydrogen-bond acceptors (Lipinski definition) is 6. The molecule has 1 N–H and O–H groups in total. The van der Waals surface area contributed by atoms with E-state index in [0.717, 1.165) is 24.8 Å². The van der Waals surface area contributed by atoms with Gasteiger partial charge in [-0.1, -0.05) is 24.3 Å². The van der Waals surface area contributed by atoms with Crippen molar-refractivity contribution in [1.29, 1.82) is 0 Å². The highest BCUT2D eigenvalue weighted by Gasteiger charge is 2.29. The van der Waals surface area contributed by atoms with E-state index in [-0.39, 0.29) is 11.2 Å². The summed E-state index contributed by atoms with van der Waals surface area (Å²) in [5.74, 6) is -0.770. The van der Waals surface area contributed by atoms with E-state index in [1.807, 2.05) is 25.1 Å². The highest BCUT2D eigenvalue weighted by molar-refractivity contribution is 7.92. The first kappa shape index (κ1) is 20.2. The van der Waals surface area contributed by atoms with E-state index in [9.17, 15) is 13.2 Å². The molecule has 1 aromatic carbocycles. The van der Waals surface area contributed by atoms with Gasteiger partial charge in [0, 0.05) is 24.5 Å². The molecule has 4 rings (SSSR count). The Morgan fingerprint density at radius 2 is 1.93 bits per heavy atom. The zero-order chi connectivity index (χ0) is 21.1. The van der Waals surface area contributed by atoms with Crippen molar-refractivity contribution in [2.24, 2.45) is 0 Å². The summed E-state index contributed by atoms with van der Waals surface area (Å²) >= 11 is 0. The number of rotatable bonds is 6. The van der Waals surface area contributed by atoms with Gasteiger partial charge in [0.2, 0.25) is 15.7 Å². The lowest BCUT2D eigenvalue weighted by Gasteiger charge is -2.26. The van der Waals surface area contributed by atoms with E-state index >= 15 is 0 Å². The number of benzene rings is 1. The summed E-state index contributed by atoms with van der Waals surface area (Å²) in [6.07, 6.45) is 5.92. The number of pyridine rings is 1. The second kappa shape index (κ2) is 8.35. The molecule has 0 saturated heterocycles. The van der Waals surface area contributed by atoms with Crippen molar-refractivity contribution in [2.75, 3.05) is 5.75 Å². The Kier molecular flexibility index (Phi) is 5.63. The largest absolute Gasteiger partial charge is 0.348 e. The summed E-state index contributed by atoms with van der Waals surface area (Å²) < 4.78 is 27.4. The minimum absolute atomic E-state index is 0.172. The Morgan fingerprint density at radius 1 is 1.17 bits per heavy atom. The molecule has 0 bridgehead atoms. The third kappa shape index (κ3) is 3.97. The summed E-state index contributed by atoms with van der Waals surface area (Å²) in [5, 5.41) is 10.6. The van der Waals surface area contributed by atoms with Crippen molar-refractivity contribution in [3.63, 3.8) is 0 Å². The highest BCUT2D eigenvalue weighted by Crippen LogP contribution is 2.29. The van der Waals surface area contributed by atoms with Crippen LogP contribution in [0.15, 0.2) is 53.9 Å². The maximum Gasteiger partial charge on any atom is 0.250 e. The molecule has 1 amide bonds. The van der Waals surface area contributed by atoms with Crippen molar-refractivity contribution in [2.45, 2.75) is 43.9 Å². The van der Waals surface area contributed by atoms with Crippen molar-refractivity contribution >= 4 is 15.7 Å². The molecule has 0 spiro atoms. The zero-order valence-electron chi connectivity index (χ0n) is 16.7. The fourth-order valence-electron chi connectivity index (χ4n) is 3.90. The van der Waals surface area contributed by atoms with Gasteiger partial charge in [-0.15, -0.1) is 10.2 Å². The van der Waals surface area contributed by atoms with Gasteiger partial charge < -0.3 is 5.32 Å². The molecule has 2 heterocycles.